The van der Waals surface area contributed by atoms with E-state index in [2.05, 4.69) is 66.0 Å². The molecule has 1 unspecified atom stereocenters. The van der Waals surface area contributed by atoms with Crippen LogP contribution in [0.25, 0.3) is 0 Å². The van der Waals surface area contributed by atoms with Crippen LogP contribution in [0.15, 0.2) is 60.7 Å². The molecule has 1 atom stereocenters. The van der Waals surface area contributed by atoms with Crippen LogP contribution in [0.4, 0.5) is 0 Å². The van der Waals surface area contributed by atoms with E-state index >= 15 is 0 Å². The Balaban J connectivity index is 1.98. The Bertz CT molecular complexity index is 437. The molecule has 2 aromatic rings. The van der Waals surface area contributed by atoms with Crippen LogP contribution in [0.3, 0.4) is 0 Å². The Kier molecular flexibility index (Phi) is 3.67. The summed E-state index contributed by atoms with van der Waals surface area (Å²) < 4.78 is 0. The van der Waals surface area contributed by atoms with Crippen molar-refractivity contribution in [1.29, 1.82) is 0 Å². The maximum absolute atomic E-state index is 3.62. The molecule has 0 bridgehead atoms. The van der Waals surface area contributed by atoms with Gasteiger partial charge >= 0.3 is 0 Å². The Morgan fingerprint density at radius 2 is 1.44 bits per heavy atom. The fraction of sp³-hybridized carbons (Fsp3) is 0.250. The molecule has 1 aliphatic heterocycles. The zero-order valence-corrected chi connectivity index (χ0v) is 11.1. The number of rotatable bonds is 3. The first-order valence-corrected chi connectivity index (χ1v) is 7.45. The molecule has 92 valence electrons. The Morgan fingerprint density at radius 3 is 1.89 bits per heavy atom. The molecule has 1 N–H and O–H groups in total. The largest absolute Gasteiger partial charge is 0.304 e. The summed E-state index contributed by atoms with van der Waals surface area (Å²) in [5.74, 6) is 1.65. The average molecular weight is 255 g/mol. The predicted octanol–water partition coefficient (Wildman–Crippen LogP) is 3.48. The highest BCUT2D eigenvalue weighted by atomic mass is 32.2. The van der Waals surface area contributed by atoms with E-state index in [1.165, 1.54) is 16.9 Å². The number of benzene rings is 2. The highest BCUT2D eigenvalue weighted by Crippen LogP contribution is 2.35. The van der Waals surface area contributed by atoms with Gasteiger partial charge in [0.25, 0.3) is 0 Å². The molecule has 2 aromatic carbocycles. The zero-order valence-electron chi connectivity index (χ0n) is 10.3. The molecule has 0 amide bonds. The molecule has 0 saturated carbocycles. The van der Waals surface area contributed by atoms with E-state index < -0.39 is 0 Å². The van der Waals surface area contributed by atoms with Crippen LogP contribution < -0.4 is 5.32 Å². The highest BCUT2D eigenvalue weighted by molar-refractivity contribution is 8.00. The van der Waals surface area contributed by atoms with Gasteiger partial charge in [-0.1, -0.05) is 60.7 Å². The lowest BCUT2D eigenvalue weighted by Gasteiger charge is -2.24. The summed E-state index contributed by atoms with van der Waals surface area (Å²) in [4.78, 5) is 0. The topological polar surface area (TPSA) is 12.0 Å². The zero-order chi connectivity index (χ0) is 12.2. The van der Waals surface area contributed by atoms with Gasteiger partial charge in [-0.2, -0.15) is 0 Å². The second-order valence-electron chi connectivity index (χ2n) is 4.54. The lowest BCUT2D eigenvalue weighted by molar-refractivity contribution is 0.642. The monoisotopic (exact) mass is 255 g/mol. The second-order valence-corrected chi connectivity index (χ2v) is 5.79. The molecule has 18 heavy (non-hydrogen) atoms. The second kappa shape index (κ2) is 5.59. The van der Waals surface area contributed by atoms with Crippen LogP contribution in [0.2, 0.25) is 0 Å². The lowest BCUT2D eigenvalue weighted by atomic mass is 9.91. The van der Waals surface area contributed by atoms with Crippen molar-refractivity contribution in [2.45, 2.75) is 11.3 Å². The first-order chi connectivity index (χ1) is 8.95. The molecule has 0 spiro atoms. The molecule has 1 fully saturated rings. The molecule has 3 rings (SSSR count). The van der Waals surface area contributed by atoms with Crippen molar-refractivity contribution in [3.05, 3.63) is 71.8 Å². The Morgan fingerprint density at radius 1 is 0.889 bits per heavy atom. The third kappa shape index (κ3) is 2.45. The van der Waals surface area contributed by atoms with E-state index in [4.69, 9.17) is 0 Å². The maximum atomic E-state index is 3.62. The van der Waals surface area contributed by atoms with Gasteiger partial charge < -0.3 is 5.32 Å². The van der Waals surface area contributed by atoms with Gasteiger partial charge in [0, 0.05) is 18.2 Å². The molecular weight excluding hydrogens is 238 g/mol. The van der Waals surface area contributed by atoms with Crippen LogP contribution in [0, 0.1) is 0 Å². The molecule has 1 nitrogen and oxygen atoms in total. The third-order valence-electron chi connectivity index (χ3n) is 3.37. The molecule has 1 aliphatic rings. The summed E-state index contributed by atoms with van der Waals surface area (Å²) in [6.45, 7) is 1.12. The molecule has 0 aromatic heterocycles. The fourth-order valence-corrected chi connectivity index (χ4v) is 3.75. The van der Waals surface area contributed by atoms with Crippen LogP contribution >= 0.6 is 11.8 Å². The molecule has 1 saturated heterocycles. The average Bonchev–Trinajstić information content (AvgIpc) is 2.95. The van der Waals surface area contributed by atoms with Gasteiger partial charge in [-0.05, 0) is 11.1 Å². The fourth-order valence-electron chi connectivity index (χ4n) is 2.52. The van der Waals surface area contributed by atoms with Gasteiger partial charge in [0.2, 0.25) is 0 Å². The summed E-state index contributed by atoms with van der Waals surface area (Å²) in [6.07, 6.45) is 0. The maximum Gasteiger partial charge on any atom is 0.0643 e. The van der Waals surface area contributed by atoms with Crippen molar-refractivity contribution in [1.82, 2.24) is 5.32 Å². The van der Waals surface area contributed by atoms with Gasteiger partial charge in [-0.25, -0.2) is 0 Å². The SMILES string of the molecule is c1ccc(C(c2ccccc2)C2NCCS2)cc1. The van der Waals surface area contributed by atoms with E-state index in [9.17, 15) is 0 Å². The number of hydrogen-bond donors (Lipinski definition) is 1. The van der Waals surface area contributed by atoms with Crippen LogP contribution in [-0.2, 0) is 0 Å². The quantitative estimate of drug-likeness (QED) is 0.901. The van der Waals surface area contributed by atoms with Gasteiger partial charge in [0.1, 0.15) is 0 Å². The molecule has 0 aliphatic carbocycles. The Labute approximate surface area is 113 Å². The minimum Gasteiger partial charge on any atom is -0.304 e. The van der Waals surface area contributed by atoms with Crippen molar-refractivity contribution in [2.75, 3.05) is 12.3 Å². The summed E-state index contributed by atoms with van der Waals surface area (Å²) >= 11 is 2.03. The summed E-state index contributed by atoms with van der Waals surface area (Å²) in [5, 5.41) is 4.11. The molecule has 2 heteroatoms. The third-order valence-corrected chi connectivity index (χ3v) is 4.60. The van der Waals surface area contributed by atoms with E-state index in [1.54, 1.807) is 0 Å². The van der Waals surface area contributed by atoms with Gasteiger partial charge in [-0.15, -0.1) is 11.8 Å². The highest BCUT2D eigenvalue weighted by Gasteiger charge is 2.27. The van der Waals surface area contributed by atoms with E-state index in [0.717, 1.165) is 6.54 Å². The van der Waals surface area contributed by atoms with Crippen molar-refractivity contribution in [3.8, 4) is 0 Å². The first kappa shape index (κ1) is 11.8. The standard InChI is InChI=1S/C16H17NS/c1-3-7-13(8-4-1)15(16-17-11-12-18-16)14-9-5-2-6-10-14/h1-10,15-17H,11-12H2. The predicted molar refractivity (Wildman–Crippen MR) is 79.0 cm³/mol. The van der Waals surface area contributed by atoms with Gasteiger partial charge in [-0.3, -0.25) is 0 Å². The normalized spacial score (nSPS) is 19.3. The molecule has 0 radical (unpaired) electrons. The smallest absolute Gasteiger partial charge is 0.0643 e. The minimum atomic E-state index is 0.444. The van der Waals surface area contributed by atoms with Crippen molar-refractivity contribution in [2.24, 2.45) is 0 Å². The van der Waals surface area contributed by atoms with Crippen LogP contribution in [-0.4, -0.2) is 17.7 Å². The Hall–Kier alpha value is -1.25. The molecular formula is C16H17NS. The number of hydrogen-bond acceptors (Lipinski definition) is 2. The van der Waals surface area contributed by atoms with Gasteiger partial charge in [0.15, 0.2) is 0 Å². The van der Waals surface area contributed by atoms with E-state index in [1.807, 2.05) is 11.8 Å². The number of nitrogens with one attached hydrogen (secondary N) is 1. The minimum absolute atomic E-state index is 0.444. The van der Waals surface area contributed by atoms with Crippen LogP contribution in [0.5, 0.6) is 0 Å². The molecule has 1 heterocycles. The van der Waals surface area contributed by atoms with E-state index in [-0.39, 0.29) is 0 Å². The van der Waals surface area contributed by atoms with Crippen LogP contribution in [0.1, 0.15) is 17.0 Å². The van der Waals surface area contributed by atoms with E-state index in [0.29, 0.717) is 11.3 Å². The van der Waals surface area contributed by atoms with Crippen molar-refractivity contribution in [3.63, 3.8) is 0 Å². The lowest BCUT2D eigenvalue weighted by Crippen LogP contribution is -2.27. The first-order valence-electron chi connectivity index (χ1n) is 6.40. The summed E-state index contributed by atoms with van der Waals surface area (Å²) in [7, 11) is 0. The summed E-state index contributed by atoms with van der Waals surface area (Å²) in [6, 6.07) is 21.6. The summed E-state index contributed by atoms with van der Waals surface area (Å²) in [5.41, 5.74) is 2.80. The van der Waals surface area contributed by atoms with Crippen molar-refractivity contribution >= 4 is 11.8 Å². The number of thioether (sulfide) groups is 1. The van der Waals surface area contributed by atoms with Crippen molar-refractivity contribution < 1.29 is 0 Å². The van der Waals surface area contributed by atoms with Gasteiger partial charge in [0.05, 0.1) is 5.37 Å².